The molecule has 0 aliphatic carbocycles. The van der Waals surface area contributed by atoms with Gasteiger partial charge in [0.25, 0.3) is 0 Å². The van der Waals surface area contributed by atoms with Crippen LogP contribution in [0, 0.1) is 0 Å². The fourth-order valence-corrected chi connectivity index (χ4v) is 3.30. The standard InChI is InChI=1S/C23H45NO5/c1-4-7-12-15-20(25)18-19-24-21(23(27)29-6-3)16-13-10-8-9-11-14-17-22(26)28-5-2/h20-21,24-25H,4-19H2,1-3H3. The first-order valence-electron chi connectivity index (χ1n) is 11.8. The number of hydrogen-bond acceptors (Lipinski definition) is 6. The number of rotatable bonds is 20. The molecule has 172 valence electrons. The number of esters is 2. The highest BCUT2D eigenvalue weighted by Gasteiger charge is 2.19. The summed E-state index contributed by atoms with van der Waals surface area (Å²) in [6.07, 6.45) is 12.0. The highest BCUT2D eigenvalue weighted by Crippen LogP contribution is 2.12. The van der Waals surface area contributed by atoms with Crippen LogP contribution in [0.5, 0.6) is 0 Å². The highest BCUT2D eigenvalue weighted by molar-refractivity contribution is 5.75. The molecule has 29 heavy (non-hydrogen) atoms. The Morgan fingerprint density at radius 2 is 1.41 bits per heavy atom. The molecule has 0 aliphatic heterocycles. The summed E-state index contributed by atoms with van der Waals surface area (Å²) < 4.78 is 10.1. The Kier molecular flexibility index (Phi) is 19.4. The Labute approximate surface area is 178 Å². The molecule has 0 aromatic carbocycles. The van der Waals surface area contributed by atoms with Crippen LogP contribution in [-0.2, 0) is 19.1 Å². The lowest BCUT2D eigenvalue weighted by Gasteiger charge is -2.18. The van der Waals surface area contributed by atoms with Crippen LogP contribution in [0.1, 0.15) is 104 Å². The quantitative estimate of drug-likeness (QED) is 0.225. The zero-order valence-corrected chi connectivity index (χ0v) is 19.0. The van der Waals surface area contributed by atoms with E-state index in [1.54, 1.807) is 0 Å². The van der Waals surface area contributed by atoms with Crippen LogP contribution in [0.2, 0.25) is 0 Å². The first-order valence-corrected chi connectivity index (χ1v) is 11.8. The maximum Gasteiger partial charge on any atom is 0.323 e. The molecule has 0 saturated carbocycles. The zero-order valence-electron chi connectivity index (χ0n) is 19.0. The van der Waals surface area contributed by atoms with Gasteiger partial charge in [0.1, 0.15) is 6.04 Å². The van der Waals surface area contributed by atoms with E-state index >= 15 is 0 Å². The predicted molar refractivity (Wildman–Crippen MR) is 117 cm³/mol. The van der Waals surface area contributed by atoms with Crippen LogP contribution in [-0.4, -0.2) is 48.9 Å². The van der Waals surface area contributed by atoms with Gasteiger partial charge >= 0.3 is 11.9 Å². The molecule has 0 spiro atoms. The molecule has 0 aromatic heterocycles. The van der Waals surface area contributed by atoms with Gasteiger partial charge in [-0.1, -0.05) is 58.3 Å². The molecule has 2 unspecified atom stereocenters. The van der Waals surface area contributed by atoms with Crippen LogP contribution in [0.25, 0.3) is 0 Å². The number of hydrogen-bond donors (Lipinski definition) is 2. The van der Waals surface area contributed by atoms with E-state index < -0.39 is 0 Å². The maximum atomic E-state index is 12.2. The van der Waals surface area contributed by atoms with Crippen molar-refractivity contribution in [2.75, 3.05) is 19.8 Å². The van der Waals surface area contributed by atoms with E-state index in [0.29, 0.717) is 32.6 Å². The van der Waals surface area contributed by atoms with Gasteiger partial charge in [-0.25, -0.2) is 0 Å². The average Bonchev–Trinajstić information content (AvgIpc) is 2.69. The number of carbonyl (C=O) groups is 2. The number of ether oxygens (including phenoxy) is 2. The van der Waals surface area contributed by atoms with Gasteiger partial charge in [-0.2, -0.15) is 0 Å². The first kappa shape index (κ1) is 27.9. The summed E-state index contributed by atoms with van der Waals surface area (Å²) >= 11 is 0. The molecule has 0 amide bonds. The monoisotopic (exact) mass is 415 g/mol. The van der Waals surface area contributed by atoms with E-state index in [1.807, 2.05) is 13.8 Å². The number of unbranched alkanes of at least 4 members (excludes halogenated alkanes) is 7. The van der Waals surface area contributed by atoms with Crippen molar-refractivity contribution in [1.82, 2.24) is 5.32 Å². The topological polar surface area (TPSA) is 84.9 Å². The Balaban J connectivity index is 3.92. The van der Waals surface area contributed by atoms with Gasteiger partial charge in [0.05, 0.1) is 19.3 Å². The molecular weight excluding hydrogens is 370 g/mol. The van der Waals surface area contributed by atoms with Gasteiger partial charge in [0.15, 0.2) is 0 Å². The highest BCUT2D eigenvalue weighted by atomic mass is 16.5. The third-order valence-corrected chi connectivity index (χ3v) is 5.01. The van der Waals surface area contributed by atoms with Gasteiger partial charge in [-0.15, -0.1) is 0 Å². The molecule has 2 atom stereocenters. The molecule has 0 bridgehead atoms. The lowest BCUT2D eigenvalue weighted by Crippen LogP contribution is -2.39. The van der Waals surface area contributed by atoms with E-state index in [1.165, 1.54) is 0 Å². The number of nitrogens with one attached hydrogen (secondary N) is 1. The molecule has 0 rings (SSSR count). The van der Waals surface area contributed by atoms with E-state index in [9.17, 15) is 14.7 Å². The van der Waals surface area contributed by atoms with Gasteiger partial charge in [0.2, 0.25) is 0 Å². The van der Waals surface area contributed by atoms with Crippen molar-refractivity contribution in [3.8, 4) is 0 Å². The van der Waals surface area contributed by atoms with Crippen LogP contribution in [0.4, 0.5) is 0 Å². The third-order valence-electron chi connectivity index (χ3n) is 5.01. The maximum absolute atomic E-state index is 12.2. The Morgan fingerprint density at radius 1 is 0.793 bits per heavy atom. The van der Waals surface area contributed by atoms with E-state index in [4.69, 9.17) is 9.47 Å². The summed E-state index contributed by atoms with van der Waals surface area (Å²) in [4.78, 5) is 23.4. The molecule has 0 heterocycles. The van der Waals surface area contributed by atoms with Crippen molar-refractivity contribution in [3.05, 3.63) is 0 Å². The molecular formula is C23H45NO5. The number of aliphatic hydroxyl groups excluding tert-OH is 1. The van der Waals surface area contributed by atoms with Gasteiger partial charge in [0, 0.05) is 6.42 Å². The van der Waals surface area contributed by atoms with E-state index in [-0.39, 0.29) is 24.1 Å². The molecule has 6 nitrogen and oxygen atoms in total. The minimum atomic E-state index is -0.300. The second-order valence-corrected chi connectivity index (χ2v) is 7.66. The lowest BCUT2D eigenvalue weighted by molar-refractivity contribution is -0.146. The smallest absolute Gasteiger partial charge is 0.323 e. The third kappa shape index (κ3) is 17.4. The fraction of sp³-hybridized carbons (Fsp3) is 0.913. The fourth-order valence-electron chi connectivity index (χ4n) is 3.30. The molecule has 0 aromatic rings. The van der Waals surface area contributed by atoms with Gasteiger partial charge in [-0.3, -0.25) is 9.59 Å². The summed E-state index contributed by atoms with van der Waals surface area (Å²) in [5.74, 6) is -0.297. The normalized spacial score (nSPS) is 13.1. The van der Waals surface area contributed by atoms with Crippen LogP contribution in [0.3, 0.4) is 0 Å². The molecule has 6 heteroatoms. The summed E-state index contributed by atoms with van der Waals surface area (Å²) in [5.41, 5.74) is 0. The van der Waals surface area contributed by atoms with Crippen molar-refractivity contribution in [3.63, 3.8) is 0 Å². The first-order chi connectivity index (χ1) is 14.0. The minimum Gasteiger partial charge on any atom is -0.466 e. The van der Waals surface area contributed by atoms with Crippen molar-refractivity contribution in [2.45, 2.75) is 116 Å². The summed E-state index contributed by atoms with van der Waals surface area (Å²) in [7, 11) is 0. The van der Waals surface area contributed by atoms with Crippen molar-refractivity contribution < 1.29 is 24.2 Å². The second-order valence-electron chi connectivity index (χ2n) is 7.66. The van der Waals surface area contributed by atoms with Crippen LogP contribution in [0.15, 0.2) is 0 Å². The van der Waals surface area contributed by atoms with E-state index in [0.717, 1.165) is 70.6 Å². The lowest BCUT2D eigenvalue weighted by atomic mass is 10.0. The predicted octanol–water partition coefficient (Wildman–Crippen LogP) is 4.52. The molecule has 0 radical (unpaired) electrons. The van der Waals surface area contributed by atoms with Crippen molar-refractivity contribution >= 4 is 11.9 Å². The van der Waals surface area contributed by atoms with Crippen molar-refractivity contribution in [2.24, 2.45) is 0 Å². The SMILES string of the molecule is CCCCCC(O)CCNC(CCCCCCCCC(=O)OCC)C(=O)OCC. The van der Waals surface area contributed by atoms with Crippen LogP contribution < -0.4 is 5.32 Å². The Hall–Kier alpha value is -1.14. The summed E-state index contributed by atoms with van der Waals surface area (Å²) in [5, 5.41) is 13.3. The summed E-state index contributed by atoms with van der Waals surface area (Å²) in [6.45, 7) is 7.27. The Morgan fingerprint density at radius 3 is 2.07 bits per heavy atom. The van der Waals surface area contributed by atoms with Gasteiger partial charge < -0.3 is 19.9 Å². The molecule has 0 saturated heterocycles. The minimum absolute atomic E-state index is 0.105. The molecule has 0 aliphatic rings. The van der Waals surface area contributed by atoms with E-state index in [2.05, 4.69) is 12.2 Å². The van der Waals surface area contributed by atoms with Gasteiger partial charge in [-0.05, 0) is 46.1 Å². The average molecular weight is 416 g/mol. The van der Waals surface area contributed by atoms with Crippen LogP contribution >= 0.6 is 0 Å². The number of aliphatic hydroxyl groups is 1. The Bertz CT molecular complexity index is 403. The zero-order chi connectivity index (χ0) is 21.7. The summed E-state index contributed by atoms with van der Waals surface area (Å²) in [6, 6.07) is -0.290. The second kappa shape index (κ2) is 20.1. The number of carbonyl (C=O) groups excluding carboxylic acids is 2. The van der Waals surface area contributed by atoms with Crippen molar-refractivity contribution in [1.29, 1.82) is 0 Å². The molecule has 0 fully saturated rings. The largest absolute Gasteiger partial charge is 0.466 e. The molecule has 2 N–H and O–H groups in total.